The van der Waals surface area contributed by atoms with Gasteiger partial charge in [-0.15, -0.1) is 0 Å². The fraction of sp³-hybridized carbons (Fsp3) is 0.452. The van der Waals surface area contributed by atoms with Gasteiger partial charge < -0.3 is 14.4 Å². The van der Waals surface area contributed by atoms with Gasteiger partial charge in [0.1, 0.15) is 5.82 Å². The molecule has 0 spiro atoms. The molecule has 5 rings (SSSR count). The van der Waals surface area contributed by atoms with Gasteiger partial charge in [0, 0.05) is 56.2 Å². The first-order chi connectivity index (χ1) is 19.1. The number of unbranched alkanes of at least 4 members (excludes halogenated alkanes) is 1. The van der Waals surface area contributed by atoms with E-state index in [1.54, 1.807) is 0 Å². The van der Waals surface area contributed by atoms with Crippen LogP contribution in [0.15, 0.2) is 54.6 Å². The molecule has 8 nitrogen and oxygen atoms in total. The number of fused-ring (bicyclic) bond motifs is 2. The topological polar surface area (TPSA) is 75.2 Å². The second-order valence-electron chi connectivity index (χ2n) is 10.2. The van der Waals surface area contributed by atoms with E-state index in [2.05, 4.69) is 57.2 Å². The van der Waals surface area contributed by atoms with Gasteiger partial charge in [-0.05, 0) is 55.3 Å². The summed E-state index contributed by atoms with van der Waals surface area (Å²) in [6.45, 7) is 7.62. The lowest BCUT2D eigenvalue weighted by Gasteiger charge is -2.36. The fourth-order valence-electron chi connectivity index (χ4n) is 5.32. The van der Waals surface area contributed by atoms with E-state index in [4.69, 9.17) is 9.47 Å². The highest BCUT2D eigenvalue weighted by Crippen LogP contribution is 2.29. The molecule has 0 radical (unpaired) electrons. The van der Waals surface area contributed by atoms with Gasteiger partial charge in [0.15, 0.2) is 6.73 Å². The van der Waals surface area contributed by atoms with E-state index < -0.39 is 0 Å². The maximum absolute atomic E-state index is 12.5. The van der Waals surface area contributed by atoms with Crippen molar-refractivity contribution in [3.8, 4) is 5.88 Å². The van der Waals surface area contributed by atoms with Gasteiger partial charge >= 0.3 is 5.97 Å². The Morgan fingerprint density at radius 2 is 1.77 bits per heavy atom. The molecule has 39 heavy (non-hydrogen) atoms. The zero-order valence-electron chi connectivity index (χ0n) is 22.8. The normalized spacial score (nSPS) is 15.9. The van der Waals surface area contributed by atoms with Crippen LogP contribution < -0.4 is 14.5 Å². The molecule has 0 saturated carbocycles. The first-order valence-corrected chi connectivity index (χ1v) is 14.2. The summed E-state index contributed by atoms with van der Waals surface area (Å²) in [6, 6.07) is 19.0. The molecule has 1 amide bonds. The molecule has 0 bridgehead atoms. The number of piperazine rings is 1. The Hall–Kier alpha value is -3.65. The van der Waals surface area contributed by atoms with Crippen LogP contribution in [0.4, 0.5) is 11.5 Å². The Bertz CT molecular complexity index is 1280. The quantitative estimate of drug-likeness (QED) is 0.261. The van der Waals surface area contributed by atoms with Crippen molar-refractivity contribution in [1.82, 2.24) is 9.88 Å². The SMILES string of the molecule is CCCC(=O)OCN1C(=O)CCc2ccc(OCCCCN3CCN(c4cccc5ccccc45)CC3)nc21. The maximum Gasteiger partial charge on any atom is 0.307 e. The highest BCUT2D eigenvalue weighted by Gasteiger charge is 2.27. The summed E-state index contributed by atoms with van der Waals surface area (Å²) in [4.78, 5) is 35.4. The largest absolute Gasteiger partial charge is 0.478 e. The molecule has 2 aliphatic heterocycles. The van der Waals surface area contributed by atoms with Crippen molar-refractivity contribution in [2.45, 2.75) is 45.4 Å². The van der Waals surface area contributed by atoms with Crippen molar-refractivity contribution in [1.29, 1.82) is 0 Å². The molecule has 1 aromatic heterocycles. The number of amides is 1. The molecule has 0 atom stereocenters. The smallest absolute Gasteiger partial charge is 0.307 e. The van der Waals surface area contributed by atoms with Crippen LogP contribution in [0, 0.1) is 0 Å². The number of hydrogen-bond acceptors (Lipinski definition) is 7. The summed E-state index contributed by atoms with van der Waals surface area (Å²) in [7, 11) is 0. The van der Waals surface area contributed by atoms with E-state index in [1.807, 2.05) is 19.1 Å². The first-order valence-electron chi connectivity index (χ1n) is 14.2. The monoisotopic (exact) mass is 530 g/mol. The number of carbonyl (C=O) groups excluding carboxylic acids is 2. The van der Waals surface area contributed by atoms with E-state index >= 15 is 0 Å². The molecule has 2 aromatic carbocycles. The van der Waals surface area contributed by atoms with Crippen LogP contribution in [0.1, 0.15) is 44.6 Å². The first kappa shape index (κ1) is 26.9. The number of rotatable bonds is 11. The predicted octanol–water partition coefficient (Wildman–Crippen LogP) is 4.80. The van der Waals surface area contributed by atoms with Gasteiger partial charge in [-0.3, -0.25) is 19.4 Å². The van der Waals surface area contributed by atoms with Gasteiger partial charge in [-0.1, -0.05) is 43.3 Å². The molecule has 206 valence electrons. The van der Waals surface area contributed by atoms with Crippen LogP contribution in [-0.4, -0.2) is 67.8 Å². The molecule has 1 saturated heterocycles. The second-order valence-corrected chi connectivity index (χ2v) is 10.2. The zero-order chi connectivity index (χ0) is 27.0. The van der Waals surface area contributed by atoms with Crippen LogP contribution in [0.2, 0.25) is 0 Å². The van der Waals surface area contributed by atoms with Crippen LogP contribution in [-0.2, 0) is 20.7 Å². The minimum Gasteiger partial charge on any atom is -0.478 e. The number of nitrogens with zero attached hydrogens (tertiary/aromatic N) is 4. The number of aromatic nitrogens is 1. The molecule has 2 aliphatic rings. The standard InChI is InChI=1S/C31H38N4O4/c1-2-8-30(37)39-23-35-29(36)16-14-25-13-15-28(32-31(25)35)38-22-6-5-17-33-18-20-34(21-19-33)27-12-7-10-24-9-3-4-11-26(24)27/h3-4,7,9-13,15H,2,5-6,8,14,16-23H2,1H3. The van der Waals surface area contributed by atoms with Gasteiger partial charge in [0.2, 0.25) is 11.8 Å². The minimum atomic E-state index is -0.306. The molecular weight excluding hydrogens is 492 g/mol. The Labute approximate surface area is 230 Å². The van der Waals surface area contributed by atoms with Crippen molar-refractivity contribution in [2.24, 2.45) is 0 Å². The number of anilines is 2. The second kappa shape index (κ2) is 12.9. The summed E-state index contributed by atoms with van der Waals surface area (Å²) in [5, 5.41) is 2.62. The van der Waals surface area contributed by atoms with Gasteiger partial charge in [0.25, 0.3) is 0 Å². The average molecular weight is 531 g/mol. The fourth-order valence-corrected chi connectivity index (χ4v) is 5.32. The van der Waals surface area contributed by atoms with Gasteiger partial charge in [-0.2, -0.15) is 4.98 Å². The number of hydrogen-bond donors (Lipinski definition) is 0. The molecule has 1 fully saturated rings. The third kappa shape index (κ3) is 6.68. The highest BCUT2D eigenvalue weighted by atomic mass is 16.5. The Morgan fingerprint density at radius 3 is 2.62 bits per heavy atom. The van der Waals surface area contributed by atoms with Crippen molar-refractivity contribution >= 4 is 34.2 Å². The lowest BCUT2D eigenvalue weighted by atomic mass is 10.1. The third-order valence-corrected chi connectivity index (χ3v) is 7.50. The van der Waals surface area contributed by atoms with Gasteiger partial charge in [0.05, 0.1) is 6.61 Å². The number of ether oxygens (including phenoxy) is 2. The van der Waals surface area contributed by atoms with Crippen molar-refractivity contribution in [3.05, 3.63) is 60.2 Å². The molecular formula is C31H38N4O4. The van der Waals surface area contributed by atoms with Crippen LogP contribution >= 0.6 is 0 Å². The van der Waals surface area contributed by atoms with Crippen LogP contribution in [0.3, 0.4) is 0 Å². The van der Waals surface area contributed by atoms with Crippen molar-refractivity contribution in [3.63, 3.8) is 0 Å². The Morgan fingerprint density at radius 1 is 0.949 bits per heavy atom. The average Bonchev–Trinajstić information content (AvgIpc) is 2.96. The number of pyridine rings is 1. The summed E-state index contributed by atoms with van der Waals surface area (Å²) >= 11 is 0. The molecule has 0 N–H and O–H groups in total. The van der Waals surface area contributed by atoms with Crippen LogP contribution in [0.5, 0.6) is 5.88 Å². The van der Waals surface area contributed by atoms with Crippen molar-refractivity contribution in [2.75, 3.05) is 55.9 Å². The van der Waals surface area contributed by atoms with E-state index in [1.165, 1.54) is 21.4 Å². The highest BCUT2D eigenvalue weighted by molar-refractivity contribution is 5.95. The van der Waals surface area contributed by atoms with E-state index in [9.17, 15) is 9.59 Å². The van der Waals surface area contributed by atoms with E-state index in [-0.39, 0.29) is 18.6 Å². The molecule has 3 aromatic rings. The maximum atomic E-state index is 12.5. The lowest BCUT2D eigenvalue weighted by molar-refractivity contribution is -0.144. The van der Waals surface area contributed by atoms with E-state index in [0.717, 1.165) is 51.1 Å². The Balaban J connectivity index is 1.06. The summed E-state index contributed by atoms with van der Waals surface area (Å²) < 4.78 is 11.2. The summed E-state index contributed by atoms with van der Waals surface area (Å²) in [5.41, 5.74) is 2.30. The molecule has 8 heteroatoms. The molecule has 0 unspecified atom stereocenters. The number of esters is 1. The lowest BCUT2D eigenvalue weighted by Crippen LogP contribution is -2.46. The summed E-state index contributed by atoms with van der Waals surface area (Å²) in [6.07, 6.45) is 4.05. The van der Waals surface area contributed by atoms with E-state index in [0.29, 0.717) is 44.0 Å². The zero-order valence-corrected chi connectivity index (χ0v) is 22.8. The third-order valence-electron chi connectivity index (χ3n) is 7.50. The number of benzene rings is 2. The Kier molecular flexibility index (Phi) is 8.93. The number of carbonyl (C=O) groups is 2. The molecule has 0 aliphatic carbocycles. The predicted molar refractivity (Wildman–Crippen MR) is 153 cm³/mol. The summed E-state index contributed by atoms with van der Waals surface area (Å²) in [5.74, 6) is 0.644. The van der Waals surface area contributed by atoms with Crippen molar-refractivity contribution < 1.29 is 19.1 Å². The minimum absolute atomic E-state index is 0.0861. The number of aryl methyl sites for hydroxylation is 1. The van der Waals surface area contributed by atoms with Crippen LogP contribution in [0.25, 0.3) is 10.8 Å². The van der Waals surface area contributed by atoms with Gasteiger partial charge in [-0.25, -0.2) is 0 Å². The molecule has 3 heterocycles.